The molecule has 1 N–H and O–H groups in total. The summed E-state index contributed by atoms with van der Waals surface area (Å²) in [4.78, 5) is 6.10. The van der Waals surface area contributed by atoms with Crippen LogP contribution in [0.25, 0.3) is 32.2 Å². The quantitative estimate of drug-likeness (QED) is 0.352. The minimum absolute atomic E-state index is 0.639. The summed E-state index contributed by atoms with van der Waals surface area (Å²) >= 11 is 0. The molecule has 0 amide bonds. The lowest BCUT2D eigenvalue weighted by Gasteiger charge is -1.92. The molecule has 0 aliphatic carbocycles. The first-order valence-corrected chi connectivity index (χ1v) is 4.94. The van der Waals surface area contributed by atoms with Crippen LogP contribution in [-0.4, -0.2) is 4.98 Å². The van der Waals surface area contributed by atoms with Crippen molar-refractivity contribution in [3.8, 4) is 0 Å². The number of nitrogens with one attached hydrogen (secondary N) is 1. The van der Waals surface area contributed by atoms with Gasteiger partial charge in [-0.2, -0.15) is 0 Å². The van der Waals surface area contributed by atoms with Gasteiger partial charge >= 0.3 is 0 Å². The molecule has 0 atom stereocenters. The Labute approximate surface area is 91.1 Å². The maximum Gasteiger partial charge on any atom is 0.0465 e. The summed E-state index contributed by atoms with van der Waals surface area (Å²) in [7, 11) is 0. The van der Waals surface area contributed by atoms with Gasteiger partial charge in [-0.05, 0) is 23.7 Å². The third-order valence-electron chi connectivity index (χ3n) is 2.65. The number of hydrogen-bond acceptors (Lipinski definition) is 1. The number of para-hydroxylation sites is 1. The molecule has 4 nitrogen and oxygen atoms in total. The molecule has 76 valence electrons. The molecule has 0 bridgehead atoms. The molecule has 4 heteroatoms. The fourth-order valence-corrected chi connectivity index (χ4v) is 1.95. The monoisotopic (exact) mass is 208 g/mol. The highest BCUT2D eigenvalue weighted by atomic mass is 15.1. The summed E-state index contributed by atoms with van der Waals surface area (Å²) in [6.07, 6.45) is 0. The van der Waals surface area contributed by atoms with Gasteiger partial charge in [-0.15, -0.1) is 0 Å². The van der Waals surface area contributed by atoms with Crippen LogP contribution in [0.15, 0.2) is 47.6 Å². The van der Waals surface area contributed by atoms with Gasteiger partial charge in [0.1, 0.15) is 0 Å². The van der Waals surface area contributed by atoms with E-state index in [1.165, 1.54) is 0 Å². The van der Waals surface area contributed by atoms with Crippen LogP contribution >= 0.6 is 0 Å². The number of azide groups is 1. The fraction of sp³-hybridized carbons (Fsp3) is 0. The zero-order valence-corrected chi connectivity index (χ0v) is 8.38. The maximum atomic E-state index is 8.41. The molecule has 0 fully saturated rings. The average molecular weight is 208 g/mol. The molecule has 0 aliphatic rings. The molecular formula is C12H8N4. The standard InChI is InChI=1S/C12H8N4/c13-16-15-8-5-6-12-10(7-8)9-3-1-2-4-11(9)14-12/h1-7,14H. The number of aromatic amines is 1. The topological polar surface area (TPSA) is 64.6 Å². The number of rotatable bonds is 1. The van der Waals surface area contributed by atoms with Crippen LogP contribution in [0, 0.1) is 0 Å². The summed E-state index contributed by atoms with van der Waals surface area (Å²) in [6, 6.07) is 13.7. The molecule has 2 aromatic carbocycles. The first kappa shape index (κ1) is 8.83. The van der Waals surface area contributed by atoms with Crippen LogP contribution in [-0.2, 0) is 0 Å². The Morgan fingerprint density at radius 1 is 1.00 bits per heavy atom. The van der Waals surface area contributed by atoms with Crippen LogP contribution in [0.4, 0.5) is 5.69 Å². The molecule has 0 saturated carbocycles. The van der Waals surface area contributed by atoms with Gasteiger partial charge in [0.25, 0.3) is 0 Å². The summed E-state index contributed by atoms with van der Waals surface area (Å²) in [5.41, 5.74) is 11.2. The van der Waals surface area contributed by atoms with E-state index in [4.69, 9.17) is 5.53 Å². The third kappa shape index (κ3) is 1.21. The molecule has 3 rings (SSSR count). The summed E-state index contributed by atoms with van der Waals surface area (Å²) < 4.78 is 0. The van der Waals surface area contributed by atoms with Crippen molar-refractivity contribution in [3.63, 3.8) is 0 Å². The zero-order valence-electron chi connectivity index (χ0n) is 8.38. The molecule has 0 spiro atoms. The average Bonchev–Trinajstić information content (AvgIpc) is 2.68. The van der Waals surface area contributed by atoms with Crippen molar-refractivity contribution in [2.75, 3.05) is 0 Å². The van der Waals surface area contributed by atoms with Crippen molar-refractivity contribution in [2.45, 2.75) is 0 Å². The molecule has 0 saturated heterocycles. The Bertz CT molecular complexity index is 720. The van der Waals surface area contributed by atoms with E-state index in [9.17, 15) is 0 Å². The van der Waals surface area contributed by atoms with Gasteiger partial charge in [0.05, 0.1) is 0 Å². The summed E-state index contributed by atoms with van der Waals surface area (Å²) in [5, 5.41) is 5.84. The van der Waals surface area contributed by atoms with Crippen molar-refractivity contribution in [3.05, 3.63) is 52.9 Å². The highest BCUT2D eigenvalue weighted by Crippen LogP contribution is 2.28. The lowest BCUT2D eigenvalue weighted by Crippen LogP contribution is -1.66. The maximum absolute atomic E-state index is 8.41. The molecule has 0 aliphatic heterocycles. The van der Waals surface area contributed by atoms with E-state index in [-0.39, 0.29) is 0 Å². The molecule has 1 heterocycles. The van der Waals surface area contributed by atoms with Crippen molar-refractivity contribution in [1.82, 2.24) is 4.98 Å². The Morgan fingerprint density at radius 2 is 1.81 bits per heavy atom. The predicted molar refractivity (Wildman–Crippen MR) is 64.6 cm³/mol. The van der Waals surface area contributed by atoms with Gasteiger partial charge in [0.15, 0.2) is 0 Å². The van der Waals surface area contributed by atoms with Gasteiger partial charge < -0.3 is 4.98 Å². The van der Waals surface area contributed by atoms with Gasteiger partial charge in [0, 0.05) is 32.4 Å². The fourth-order valence-electron chi connectivity index (χ4n) is 1.95. The Kier molecular flexibility index (Phi) is 1.82. The second kappa shape index (κ2) is 3.29. The highest BCUT2D eigenvalue weighted by Gasteiger charge is 2.03. The number of benzene rings is 2. The minimum atomic E-state index is 0.639. The number of H-pyrrole nitrogens is 1. The van der Waals surface area contributed by atoms with E-state index in [1.54, 1.807) is 6.07 Å². The summed E-state index contributed by atoms with van der Waals surface area (Å²) in [5.74, 6) is 0. The van der Waals surface area contributed by atoms with Crippen molar-refractivity contribution >= 4 is 27.5 Å². The van der Waals surface area contributed by atoms with Crippen LogP contribution in [0.5, 0.6) is 0 Å². The number of fused-ring (bicyclic) bond motifs is 3. The van der Waals surface area contributed by atoms with Crippen molar-refractivity contribution < 1.29 is 0 Å². The lowest BCUT2D eigenvalue weighted by atomic mass is 10.1. The first-order valence-electron chi connectivity index (χ1n) is 4.94. The molecular weight excluding hydrogens is 200 g/mol. The van der Waals surface area contributed by atoms with Crippen LogP contribution < -0.4 is 0 Å². The predicted octanol–water partition coefficient (Wildman–Crippen LogP) is 4.26. The van der Waals surface area contributed by atoms with E-state index in [1.807, 2.05) is 36.4 Å². The Hall–Kier alpha value is -2.45. The van der Waals surface area contributed by atoms with Gasteiger partial charge in [-0.3, -0.25) is 0 Å². The van der Waals surface area contributed by atoms with E-state index < -0.39 is 0 Å². The van der Waals surface area contributed by atoms with Crippen LogP contribution in [0.3, 0.4) is 0 Å². The highest BCUT2D eigenvalue weighted by molar-refractivity contribution is 6.07. The lowest BCUT2D eigenvalue weighted by molar-refractivity contribution is 1.49. The molecule has 3 aromatic rings. The number of aromatic nitrogens is 1. The molecule has 0 radical (unpaired) electrons. The van der Waals surface area contributed by atoms with E-state index in [0.29, 0.717) is 5.69 Å². The molecule has 16 heavy (non-hydrogen) atoms. The molecule has 0 unspecified atom stereocenters. The van der Waals surface area contributed by atoms with Crippen LogP contribution in [0.1, 0.15) is 0 Å². The Morgan fingerprint density at radius 3 is 2.69 bits per heavy atom. The van der Waals surface area contributed by atoms with E-state index >= 15 is 0 Å². The molecule has 1 aromatic heterocycles. The van der Waals surface area contributed by atoms with Crippen molar-refractivity contribution in [2.24, 2.45) is 5.11 Å². The third-order valence-corrected chi connectivity index (χ3v) is 2.65. The van der Waals surface area contributed by atoms with E-state index in [2.05, 4.69) is 15.0 Å². The second-order valence-corrected chi connectivity index (χ2v) is 3.59. The SMILES string of the molecule is [N-]=[N+]=Nc1ccc2[nH]c3ccccc3c2c1. The largest absolute Gasteiger partial charge is 0.355 e. The smallest absolute Gasteiger partial charge is 0.0465 e. The van der Waals surface area contributed by atoms with Crippen LogP contribution in [0.2, 0.25) is 0 Å². The first-order chi connectivity index (χ1) is 7.88. The second-order valence-electron chi connectivity index (χ2n) is 3.59. The van der Waals surface area contributed by atoms with Crippen molar-refractivity contribution in [1.29, 1.82) is 0 Å². The summed E-state index contributed by atoms with van der Waals surface area (Å²) in [6.45, 7) is 0. The normalized spacial score (nSPS) is 10.5. The van der Waals surface area contributed by atoms with E-state index in [0.717, 1.165) is 21.8 Å². The minimum Gasteiger partial charge on any atom is -0.355 e. The zero-order chi connectivity index (χ0) is 11.0. The number of nitrogens with zero attached hydrogens (tertiary/aromatic N) is 3. The van der Waals surface area contributed by atoms with Gasteiger partial charge in [-0.1, -0.05) is 29.4 Å². The Balaban J connectivity index is 2.44. The van der Waals surface area contributed by atoms with Gasteiger partial charge in [-0.25, -0.2) is 0 Å². The van der Waals surface area contributed by atoms with Gasteiger partial charge in [0.2, 0.25) is 0 Å². The number of hydrogen-bond donors (Lipinski definition) is 1.